The molecule has 1 aliphatic rings. The molecule has 3 rings (SSSR count). The van der Waals surface area contributed by atoms with Gasteiger partial charge in [0.2, 0.25) is 0 Å². The minimum Gasteiger partial charge on any atom is -0.507 e. The van der Waals surface area contributed by atoms with E-state index >= 15 is 0 Å². The Morgan fingerprint density at radius 2 is 1.89 bits per heavy atom. The van der Waals surface area contributed by atoms with Crippen molar-refractivity contribution in [1.82, 2.24) is 5.16 Å². The molecule has 5 nitrogen and oxygen atoms in total. The van der Waals surface area contributed by atoms with E-state index in [1.807, 2.05) is 0 Å². The summed E-state index contributed by atoms with van der Waals surface area (Å²) < 4.78 is 5.24. The molecule has 1 saturated carbocycles. The van der Waals surface area contributed by atoms with Crippen molar-refractivity contribution in [3.63, 3.8) is 0 Å². The fraction of sp³-hybridized carbons (Fsp3) is 0.308. The molecule has 0 aliphatic heterocycles. The summed E-state index contributed by atoms with van der Waals surface area (Å²) in [6.45, 7) is -0.224. The average molecular weight is 247 g/mol. The van der Waals surface area contributed by atoms with E-state index in [0.29, 0.717) is 22.9 Å². The first kappa shape index (κ1) is 11.1. The van der Waals surface area contributed by atoms with Crippen LogP contribution in [0, 0.1) is 0 Å². The van der Waals surface area contributed by atoms with Crippen LogP contribution in [0.4, 0.5) is 0 Å². The minimum absolute atomic E-state index is 0.0830. The van der Waals surface area contributed by atoms with Crippen molar-refractivity contribution in [1.29, 1.82) is 0 Å². The summed E-state index contributed by atoms with van der Waals surface area (Å²) in [6, 6.07) is 4.46. The van der Waals surface area contributed by atoms with E-state index in [1.54, 1.807) is 0 Å². The van der Waals surface area contributed by atoms with Crippen LogP contribution in [0.3, 0.4) is 0 Å². The van der Waals surface area contributed by atoms with E-state index < -0.39 is 0 Å². The van der Waals surface area contributed by atoms with Crippen LogP contribution in [0.15, 0.2) is 22.7 Å². The number of phenols is 2. The fourth-order valence-corrected chi connectivity index (χ4v) is 2.11. The van der Waals surface area contributed by atoms with Crippen LogP contribution >= 0.6 is 0 Å². The zero-order valence-corrected chi connectivity index (χ0v) is 9.63. The van der Waals surface area contributed by atoms with E-state index in [1.165, 1.54) is 18.2 Å². The maximum absolute atomic E-state index is 9.80. The molecule has 0 unspecified atom stereocenters. The number of nitrogens with zero attached hydrogens (tertiary/aromatic N) is 1. The van der Waals surface area contributed by atoms with Crippen LogP contribution in [-0.2, 0) is 6.61 Å². The summed E-state index contributed by atoms with van der Waals surface area (Å²) >= 11 is 0. The number of aliphatic hydroxyl groups is 1. The first-order valence-corrected chi connectivity index (χ1v) is 5.83. The van der Waals surface area contributed by atoms with E-state index in [-0.39, 0.29) is 23.7 Å². The molecule has 3 N–H and O–H groups in total. The van der Waals surface area contributed by atoms with Gasteiger partial charge in [0, 0.05) is 11.5 Å². The third kappa shape index (κ3) is 1.64. The molecule has 5 heteroatoms. The van der Waals surface area contributed by atoms with Gasteiger partial charge in [-0.25, -0.2) is 0 Å². The van der Waals surface area contributed by atoms with Gasteiger partial charge >= 0.3 is 0 Å². The molecule has 0 saturated heterocycles. The van der Waals surface area contributed by atoms with Gasteiger partial charge in [0.05, 0.1) is 12.2 Å². The summed E-state index contributed by atoms with van der Waals surface area (Å²) in [7, 11) is 0. The summed E-state index contributed by atoms with van der Waals surface area (Å²) in [5.74, 6) is 0.803. The number of aromatic nitrogens is 1. The van der Waals surface area contributed by atoms with Crippen molar-refractivity contribution >= 4 is 0 Å². The SMILES string of the molecule is OCc1c(-c2c(O)cccc2O)noc1C1CC1. The van der Waals surface area contributed by atoms with Crippen LogP contribution in [0.25, 0.3) is 11.3 Å². The second-order valence-electron chi connectivity index (χ2n) is 4.48. The number of aromatic hydroxyl groups is 2. The second kappa shape index (κ2) is 4.03. The Labute approximate surface area is 103 Å². The summed E-state index contributed by atoms with van der Waals surface area (Å²) in [5.41, 5.74) is 1.07. The van der Waals surface area contributed by atoms with Gasteiger partial charge in [-0.1, -0.05) is 11.2 Å². The monoisotopic (exact) mass is 247 g/mol. The molecule has 0 amide bonds. The number of hydrogen-bond donors (Lipinski definition) is 3. The van der Waals surface area contributed by atoms with Crippen molar-refractivity contribution < 1.29 is 19.8 Å². The molecule has 94 valence electrons. The Morgan fingerprint density at radius 1 is 1.22 bits per heavy atom. The lowest BCUT2D eigenvalue weighted by Gasteiger charge is -2.05. The summed E-state index contributed by atoms with van der Waals surface area (Å²) in [6.07, 6.45) is 2.04. The smallest absolute Gasteiger partial charge is 0.145 e. The number of benzene rings is 1. The van der Waals surface area contributed by atoms with E-state index in [2.05, 4.69) is 5.16 Å². The van der Waals surface area contributed by atoms with Gasteiger partial charge in [0.15, 0.2) is 0 Å². The number of aliphatic hydroxyl groups excluding tert-OH is 1. The maximum atomic E-state index is 9.80. The highest BCUT2D eigenvalue weighted by Gasteiger charge is 2.33. The predicted molar refractivity (Wildman–Crippen MR) is 63.2 cm³/mol. The number of hydrogen-bond acceptors (Lipinski definition) is 5. The van der Waals surface area contributed by atoms with Crippen molar-refractivity contribution in [2.75, 3.05) is 0 Å². The topological polar surface area (TPSA) is 86.7 Å². The Bertz CT molecular complexity index is 566. The van der Waals surface area contributed by atoms with Crippen LogP contribution in [-0.4, -0.2) is 20.5 Å². The van der Waals surface area contributed by atoms with Crippen molar-refractivity contribution in [3.05, 3.63) is 29.5 Å². The molecule has 0 bridgehead atoms. The highest BCUT2D eigenvalue weighted by atomic mass is 16.5. The van der Waals surface area contributed by atoms with Gasteiger partial charge in [-0.3, -0.25) is 0 Å². The van der Waals surface area contributed by atoms with Gasteiger partial charge in [-0.2, -0.15) is 0 Å². The summed E-state index contributed by atoms with van der Waals surface area (Å²) in [4.78, 5) is 0. The third-order valence-corrected chi connectivity index (χ3v) is 3.18. The van der Waals surface area contributed by atoms with Gasteiger partial charge in [-0.05, 0) is 25.0 Å². The van der Waals surface area contributed by atoms with Crippen molar-refractivity contribution in [2.24, 2.45) is 0 Å². The van der Waals surface area contributed by atoms with Gasteiger partial charge in [0.25, 0.3) is 0 Å². The standard InChI is InChI=1S/C13H13NO4/c15-6-8-12(14-18-13(8)7-4-5-7)11-9(16)2-1-3-10(11)17/h1-3,7,15-17H,4-6H2. The van der Waals surface area contributed by atoms with Crippen molar-refractivity contribution in [3.8, 4) is 22.8 Å². The molecule has 0 atom stereocenters. The third-order valence-electron chi connectivity index (χ3n) is 3.18. The first-order valence-electron chi connectivity index (χ1n) is 5.83. The molecular formula is C13H13NO4. The predicted octanol–water partition coefficient (Wildman–Crippen LogP) is 2.12. The molecule has 0 spiro atoms. The molecule has 1 aromatic carbocycles. The lowest BCUT2D eigenvalue weighted by Crippen LogP contribution is -1.91. The van der Waals surface area contributed by atoms with Gasteiger partial charge in [-0.15, -0.1) is 0 Å². The largest absolute Gasteiger partial charge is 0.507 e. The molecule has 18 heavy (non-hydrogen) atoms. The van der Waals surface area contributed by atoms with Crippen molar-refractivity contribution in [2.45, 2.75) is 25.4 Å². The van der Waals surface area contributed by atoms with E-state index in [4.69, 9.17) is 4.52 Å². The molecule has 1 aromatic heterocycles. The summed E-state index contributed by atoms with van der Waals surface area (Å²) in [5, 5.41) is 32.9. The molecular weight excluding hydrogens is 234 g/mol. The lowest BCUT2D eigenvalue weighted by molar-refractivity contribution is 0.277. The van der Waals surface area contributed by atoms with Gasteiger partial charge in [0.1, 0.15) is 23.0 Å². The van der Waals surface area contributed by atoms with Gasteiger partial charge < -0.3 is 19.8 Å². The zero-order valence-electron chi connectivity index (χ0n) is 9.63. The minimum atomic E-state index is -0.224. The fourth-order valence-electron chi connectivity index (χ4n) is 2.11. The molecule has 1 heterocycles. The second-order valence-corrected chi connectivity index (χ2v) is 4.48. The lowest BCUT2D eigenvalue weighted by atomic mass is 10.0. The molecule has 1 fully saturated rings. The number of phenolic OH excluding ortho intramolecular Hbond substituents is 2. The Balaban J connectivity index is 2.16. The first-order chi connectivity index (χ1) is 8.72. The van der Waals surface area contributed by atoms with Crippen LogP contribution in [0.1, 0.15) is 30.1 Å². The molecule has 1 aliphatic carbocycles. The van der Waals surface area contributed by atoms with Crippen LogP contribution in [0.5, 0.6) is 11.5 Å². The highest BCUT2D eigenvalue weighted by Crippen LogP contribution is 2.46. The Kier molecular flexibility index (Phi) is 2.48. The average Bonchev–Trinajstić information content (AvgIpc) is 3.10. The maximum Gasteiger partial charge on any atom is 0.145 e. The van der Waals surface area contributed by atoms with Crippen LogP contribution in [0.2, 0.25) is 0 Å². The Hall–Kier alpha value is -2.01. The molecule has 0 radical (unpaired) electrons. The Morgan fingerprint density at radius 3 is 2.44 bits per heavy atom. The molecule has 2 aromatic rings. The normalized spacial score (nSPS) is 14.9. The van der Waals surface area contributed by atoms with E-state index in [9.17, 15) is 15.3 Å². The highest BCUT2D eigenvalue weighted by molar-refractivity contribution is 5.75. The quantitative estimate of drug-likeness (QED) is 0.773. The number of rotatable bonds is 3. The van der Waals surface area contributed by atoms with E-state index in [0.717, 1.165) is 12.8 Å². The zero-order chi connectivity index (χ0) is 12.7. The van der Waals surface area contributed by atoms with Crippen LogP contribution < -0.4 is 0 Å².